The summed E-state index contributed by atoms with van der Waals surface area (Å²) >= 11 is 0. The minimum atomic E-state index is -1.24. The molecule has 120 valence electrons. The maximum atomic E-state index is 11.1. The van der Waals surface area contributed by atoms with Crippen LogP contribution in [0.4, 0.5) is 0 Å². The van der Waals surface area contributed by atoms with E-state index in [1.54, 1.807) is 18.2 Å². The molecule has 0 spiro atoms. The zero-order valence-corrected chi connectivity index (χ0v) is 13.5. The zero-order chi connectivity index (χ0) is 17.0. The Hall–Kier alpha value is -2.66. The molecule has 0 fully saturated rings. The van der Waals surface area contributed by atoms with Crippen molar-refractivity contribution in [3.05, 3.63) is 53.6 Å². The van der Waals surface area contributed by atoms with Gasteiger partial charge in [0, 0.05) is 11.1 Å². The zero-order valence-electron chi connectivity index (χ0n) is 13.5. The number of aromatic carboxylic acids is 1. The van der Waals surface area contributed by atoms with Crippen LogP contribution in [0.1, 0.15) is 29.8 Å². The Labute approximate surface area is 134 Å². The van der Waals surface area contributed by atoms with Crippen LogP contribution in [0.5, 0.6) is 0 Å². The van der Waals surface area contributed by atoms with Gasteiger partial charge in [-0.2, -0.15) is 0 Å². The van der Waals surface area contributed by atoms with Gasteiger partial charge in [-0.05, 0) is 44.5 Å². The van der Waals surface area contributed by atoms with E-state index in [1.165, 1.54) is 6.07 Å². The summed E-state index contributed by atoms with van der Waals surface area (Å²) in [5.41, 5.74) is 6.54. The van der Waals surface area contributed by atoms with Crippen LogP contribution in [-0.4, -0.2) is 17.0 Å². The van der Waals surface area contributed by atoms with Crippen LogP contribution in [0.2, 0.25) is 0 Å². The summed E-state index contributed by atoms with van der Waals surface area (Å²) in [5.74, 6) is -0.950. The van der Waals surface area contributed by atoms with Crippen molar-refractivity contribution in [1.82, 2.24) is 4.98 Å². The first-order chi connectivity index (χ1) is 10.9. The highest BCUT2D eigenvalue weighted by Crippen LogP contribution is 2.27. The second-order valence-corrected chi connectivity index (χ2v) is 5.72. The number of oxazole rings is 1. The lowest BCUT2D eigenvalue weighted by molar-refractivity contribution is -0.407. The lowest BCUT2D eigenvalue weighted by Gasteiger charge is -2.06. The minimum absolute atomic E-state index is 0.0748. The molecule has 0 aliphatic heterocycles. The van der Waals surface area contributed by atoms with Crippen molar-refractivity contribution in [2.75, 3.05) is 0 Å². The normalized spacial score (nSPS) is 10.5. The SMILES string of the molecule is CC(C)[NH3+].Cc1ccc2nc(-c3ccccc3C(=O)[O-])oc2c1. The van der Waals surface area contributed by atoms with E-state index in [9.17, 15) is 9.90 Å². The van der Waals surface area contributed by atoms with E-state index in [2.05, 4.69) is 24.6 Å². The maximum absolute atomic E-state index is 11.1. The second-order valence-electron chi connectivity index (χ2n) is 5.72. The molecule has 0 aliphatic rings. The van der Waals surface area contributed by atoms with Crippen LogP contribution >= 0.6 is 0 Å². The standard InChI is InChI=1S/C15H11NO3.C3H9N/c1-9-6-7-12-13(8-9)19-14(16-12)10-4-2-3-5-11(10)15(17)18;1-3(2)4/h2-8H,1H3,(H,17,18);3H,4H2,1-2H3. The van der Waals surface area contributed by atoms with E-state index >= 15 is 0 Å². The number of carbonyl (C=O) groups excluding carboxylic acids is 1. The highest BCUT2D eigenvalue weighted by molar-refractivity contribution is 5.94. The Morgan fingerprint density at radius 1 is 1.22 bits per heavy atom. The van der Waals surface area contributed by atoms with Crippen molar-refractivity contribution in [2.45, 2.75) is 26.8 Å². The molecule has 3 N–H and O–H groups in total. The summed E-state index contributed by atoms with van der Waals surface area (Å²) in [5, 5.41) is 11.1. The number of carboxylic acids is 1. The van der Waals surface area contributed by atoms with Crippen molar-refractivity contribution < 1.29 is 20.1 Å². The van der Waals surface area contributed by atoms with Gasteiger partial charge in [0.25, 0.3) is 0 Å². The van der Waals surface area contributed by atoms with Crippen LogP contribution in [0.3, 0.4) is 0 Å². The summed E-state index contributed by atoms with van der Waals surface area (Å²) in [6.45, 7) is 6.07. The fourth-order valence-electron chi connectivity index (χ4n) is 1.99. The predicted molar refractivity (Wildman–Crippen MR) is 86.5 cm³/mol. The third-order valence-corrected chi connectivity index (χ3v) is 2.92. The molecular formula is C18H20N2O3. The predicted octanol–water partition coefficient (Wildman–Crippen LogP) is 1.80. The van der Waals surface area contributed by atoms with Gasteiger partial charge in [0.15, 0.2) is 5.58 Å². The van der Waals surface area contributed by atoms with Crippen LogP contribution in [0, 0.1) is 6.92 Å². The van der Waals surface area contributed by atoms with Crippen LogP contribution < -0.4 is 10.8 Å². The van der Waals surface area contributed by atoms with Crippen molar-refractivity contribution in [3.63, 3.8) is 0 Å². The molecule has 0 atom stereocenters. The quantitative estimate of drug-likeness (QED) is 0.780. The fraction of sp³-hybridized carbons (Fsp3) is 0.222. The first-order valence-electron chi connectivity index (χ1n) is 7.39. The van der Waals surface area contributed by atoms with Gasteiger partial charge in [-0.3, -0.25) is 0 Å². The Bertz CT molecular complexity index is 819. The summed E-state index contributed by atoms with van der Waals surface area (Å²) in [6.07, 6.45) is 0. The molecule has 3 aromatic rings. The van der Waals surface area contributed by atoms with E-state index in [1.807, 2.05) is 25.1 Å². The molecule has 0 saturated heterocycles. The third-order valence-electron chi connectivity index (χ3n) is 2.92. The van der Waals surface area contributed by atoms with E-state index in [0.29, 0.717) is 28.6 Å². The molecule has 5 nitrogen and oxygen atoms in total. The summed E-state index contributed by atoms with van der Waals surface area (Å²) in [7, 11) is 0. The number of quaternary nitrogens is 1. The second kappa shape index (κ2) is 7.07. The number of aromatic nitrogens is 1. The molecule has 0 amide bonds. The van der Waals surface area contributed by atoms with Crippen molar-refractivity contribution >= 4 is 17.1 Å². The monoisotopic (exact) mass is 312 g/mol. The van der Waals surface area contributed by atoms with Crippen molar-refractivity contribution in [2.24, 2.45) is 0 Å². The highest BCUT2D eigenvalue weighted by atomic mass is 16.4. The first kappa shape index (κ1) is 16.7. The Morgan fingerprint density at radius 2 is 1.87 bits per heavy atom. The molecule has 2 aromatic carbocycles. The third kappa shape index (κ3) is 4.17. The maximum Gasteiger partial charge on any atom is 0.227 e. The van der Waals surface area contributed by atoms with E-state index < -0.39 is 5.97 Å². The summed E-state index contributed by atoms with van der Waals surface area (Å²) in [4.78, 5) is 15.4. The molecule has 0 radical (unpaired) electrons. The molecule has 0 unspecified atom stereocenters. The average molecular weight is 312 g/mol. The molecule has 0 saturated carbocycles. The van der Waals surface area contributed by atoms with Gasteiger partial charge < -0.3 is 20.1 Å². The van der Waals surface area contributed by atoms with Gasteiger partial charge in [-0.15, -0.1) is 0 Å². The van der Waals surface area contributed by atoms with Gasteiger partial charge in [0.05, 0.1) is 12.0 Å². The number of aryl methyl sites for hydroxylation is 1. The number of fused-ring (bicyclic) bond motifs is 1. The largest absolute Gasteiger partial charge is 0.545 e. The van der Waals surface area contributed by atoms with Gasteiger partial charge >= 0.3 is 0 Å². The molecule has 23 heavy (non-hydrogen) atoms. The van der Waals surface area contributed by atoms with Crippen molar-refractivity contribution in [1.29, 1.82) is 0 Å². The smallest absolute Gasteiger partial charge is 0.227 e. The minimum Gasteiger partial charge on any atom is -0.545 e. The Morgan fingerprint density at radius 3 is 2.52 bits per heavy atom. The lowest BCUT2D eigenvalue weighted by Crippen LogP contribution is -2.57. The molecular weight excluding hydrogens is 292 g/mol. The Balaban J connectivity index is 0.000000433. The molecule has 1 heterocycles. The molecule has 0 aliphatic carbocycles. The Kier molecular flexibility index (Phi) is 5.13. The number of hydrogen-bond acceptors (Lipinski definition) is 4. The number of benzene rings is 2. The van der Waals surface area contributed by atoms with Gasteiger partial charge in [0.2, 0.25) is 5.89 Å². The van der Waals surface area contributed by atoms with E-state index in [4.69, 9.17) is 4.42 Å². The van der Waals surface area contributed by atoms with Gasteiger partial charge in [-0.25, -0.2) is 4.98 Å². The lowest BCUT2D eigenvalue weighted by atomic mass is 10.1. The molecule has 0 bridgehead atoms. The van der Waals surface area contributed by atoms with Crippen LogP contribution in [0.15, 0.2) is 46.9 Å². The summed E-state index contributed by atoms with van der Waals surface area (Å²) in [6, 6.07) is 12.7. The summed E-state index contributed by atoms with van der Waals surface area (Å²) < 4.78 is 5.62. The van der Waals surface area contributed by atoms with Crippen LogP contribution in [0.25, 0.3) is 22.6 Å². The molecule has 3 rings (SSSR count). The van der Waals surface area contributed by atoms with Gasteiger partial charge in [-0.1, -0.05) is 24.3 Å². The first-order valence-corrected chi connectivity index (χ1v) is 7.39. The van der Waals surface area contributed by atoms with E-state index in [-0.39, 0.29) is 5.56 Å². The van der Waals surface area contributed by atoms with Crippen LogP contribution in [-0.2, 0) is 0 Å². The number of carbonyl (C=O) groups is 1. The fourth-order valence-corrected chi connectivity index (χ4v) is 1.99. The number of hydrogen-bond donors (Lipinski definition) is 1. The molecule has 5 heteroatoms. The van der Waals surface area contributed by atoms with Gasteiger partial charge in [0.1, 0.15) is 5.52 Å². The van der Waals surface area contributed by atoms with E-state index in [0.717, 1.165) is 5.56 Å². The van der Waals surface area contributed by atoms with Crippen molar-refractivity contribution in [3.8, 4) is 11.5 Å². The number of carboxylic acid groups (broad SMARTS) is 1. The topological polar surface area (TPSA) is 93.8 Å². The highest BCUT2D eigenvalue weighted by Gasteiger charge is 2.12. The average Bonchev–Trinajstić information content (AvgIpc) is 2.89. The number of rotatable bonds is 2. The molecule has 1 aromatic heterocycles. The number of nitrogens with zero attached hydrogens (tertiary/aromatic N) is 1.